The van der Waals surface area contributed by atoms with Gasteiger partial charge in [0, 0.05) is 12.6 Å². The van der Waals surface area contributed by atoms with Crippen molar-refractivity contribution in [1.29, 1.82) is 5.26 Å². The van der Waals surface area contributed by atoms with Gasteiger partial charge in [-0.3, -0.25) is 4.90 Å². The Morgan fingerprint density at radius 3 is 2.73 bits per heavy atom. The second kappa shape index (κ2) is 2.83. The van der Waals surface area contributed by atoms with Gasteiger partial charge in [0.25, 0.3) is 0 Å². The molecule has 11 heavy (non-hydrogen) atoms. The van der Waals surface area contributed by atoms with Crippen molar-refractivity contribution < 1.29 is 0 Å². The minimum atomic E-state index is 0.323. The summed E-state index contributed by atoms with van der Waals surface area (Å²) < 4.78 is 0. The van der Waals surface area contributed by atoms with Crippen LogP contribution in [-0.2, 0) is 0 Å². The first-order valence-corrected chi connectivity index (χ1v) is 4.54. The third-order valence-electron chi connectivity index (χ3n) is 2.70. The van der Waals surface area contributed by atoms with Gasteiger partial charge in [0.2, 0.25) is 0 Å². The zero-order valence-electron chi connectivity index (χ0n) is 6.79. The van der Waals surface area contributed by atoms with Crippen molar-refractivity contribution in [2.75, 3.05) is 13.1 Å². The van der Waals surface area contributed by atoms with Crippen LogP contribution in [0.4, 0.5) is 0 Å². The molecule has 1 atom stereocenters. The predicted molar refractivity (Wildman–Crippen MR) is 42.9 cm³/mol. The van der Waals surface area contributed by atoms with E-state index in [1.807, 2.05) is 0 Å². The molecule has 0 radical (unpaired) electrons. The van der Waals surface area contributed by atoms with Crippen LogP contribution in [0.5, 0.6) is 0 Å². The number of hydrogen-bond acceptors (Lipinski definition) is 2. The predicted octanol–water partition coefficient (Wildman–Crippen LogP) is 1.38. The summed E-state index contributed by atoms with van der Waals surface area (Å²) in [5.74, 6) is 0.323. The maximum absolute atomic E-state index is 8.73. The van der Waals surface area contributed by atoms with Crippen LogP contribution in [0, 0.1) is 17.2 Å². The molecule has 1 heterocycles. The lowest BCUT2D eigenvalue weighted by Gasteiger charge is -2.29. The quantitative estimate of drug-likeness (QED) is 0.564. The number of hydrogen-bond donors (Lipinski definition) is 0. The summed E-state index contributed by atoms with van der Waals surface area (Å²) in [7, 11) is 0. The molecule has 2 heteroatoms. The van der Waals surface area contributed by atoms with Crippen molar-refractivity contribution in [2.24, 2.45) is 5.92 Å². The molecule has 1 saturated carbocycles. The van der Waals surface area contributed by atoms with Crippen molar-refractivity contribution in [1.82, 2.24) is 4.90 Å². The van der Waals surface area contributed by atoms with E-state index in [2.05, 4.69) is 11.0 Å². The Labute approximate surface area is 67.8 Å². The van der Waals surface area contributed by atoms with Gasteiger partial charge in [-0.2, -0.15) is 5.26 Å². The SMILES string of the molecule is N#CC1CCCN(C2CC2)C1. The van der Waals surface area contributed by atoms with E-state index < -0.39 is 0 Å². The third kappa shape index (κ3) is 1.54. The molecule has 0 aromatic carbocycles. The van der Waals surface area contributed by atoms with Crippen LogP contribution in [0.15, 0.2) is 0 Å². The summed E-state index contributed by atoms with van der Waals surface area (Å²) >= 11 is 0. The summed E-state index contributed by atoms with van der Waals surface area (Å²) in [6.07, 6.45) is 5.10. The third-order valence-corrected chi connectivity index (χ3v) is 2.70. The van der Waals surface area contributed by atoms with Crippen molar-refractivity contribution in [3.63, 3.8) is 0 Å². The van der Waals surface area contributed by atoms with Crippen LogP contribution in [0.3, 0.4) is 0 Å². The van der Waals surface area contributed by atoms with Crippen LogP contribution in [0.2, 0.25) is 0 Å². The molecule has 0 bridgehead atoms. The summed E-state index contributed by atoms with van der Waals surface area (Å²) in [4.78, 5) is 2.50. The van der Waals surface area contributed by atoms with Crippen molar-refractivity contribution in [3.05, 3.63) is 0 Å². The monoisotopic (exact) mass is 150 g/mol. The molecule has 2 nitrogen and oxygen atoms in total. The highest BCUT2D eigenvalue weighted by Gasteiger charge is 2.32. The van der Waals surface area contributed by atoms with Gasteiger partial charge in [-0.15, -0.1) is 0 Å². The van der Waals surface area contributed by atoms with Crippen LogP contribution in [0.25, 0.3) is 0 Å². The zero-order valence-corrected chi connectivity index (χ0v) is 6.79. The Kier molecular flexibility index (Phi) is 1.83. The molecule has 0 aromatic heterocycles. The lowest BCUT2D eigenvalue weighted by atomic mass is 10.00. The number of nitriles is 1. The maximum atomic E-state index is 8.73. The highest BCUT2D eigenvalue weighted by atomic mass is 15.2. The fraction of sp³-hybridized carbons (Fsp3) is 0.889. The van der Waals surface area contributed by atoms with Gasteiger partial charge in [0.05, 0.1) is 12.0 Å². The van der Waals surface area contributed by atoms with Gasteiger partial charge >= 0.3 is 0 Å². The van der Waals surface area contributed by atoms with Crippen molar-refractivity contribution in [3.8, 4) is 6.07 Å². The molecule has 0 spiro atoms. The second-order valence-corrected chi connectivity index (χ2v) is 3.69. The molecule has 2 aliphatic rings. The van der Waals surface area contributed by atoms with E-state index in [1.165, 1.54) is 25.8 Å². The van der Waals surface area contributed by atoms with E-state index in [9.17, 15) is 0 Å². The molecule has 1 aliphatic heterocycles. The molecule has 1 saturated heterocycles. The van der Waals surface area contributed by atoms with Gasteiger partial charge in [-0.05, 0) is 32.2 Å². The summed E-state index contributed by atoms with van der Waals surface area (Å²) in [6.45, 7) is 2.28. The molecule has 0 amide bonds. The fourth-order valence-corrected chi connectivity index (χ4v) is 1.88. The Morgan fingerprint density at radius 2 is 2.09 bits per heavy atom. The molecule has 60 valence electrons. The number of piperidine rings is 1. The highest BCUT2D eigenvalue weighted by Crippen LogP contribution is 2.30. The van der Waals surface area contributed by atoms with Gasteiger partial charge < -0.3 is 0 Å². The van der Waals surface area contributed by atoms with Gasteiger partial charge in [0.1, 0.15) is 0 Å². The molecule has 1 aliphatic carbocycles. The largest absolute Gasteiger partial charge is 0.299 e. The van der Waals surface area contributed by atoms with E-state index >= 15 is 0 Å². The van der Waals surface area contributed by atoms with Crippen LogP contribution in [-0.4, -0.2) is 24.0 Å². The van der Waals surface area contributed by atoms with Crippen LogP contribution >= 0.6 is 0 Å². The minimum absolute atomic E-state index is 0.323. The van der Waals surface area contributed by atoms with E-state index in [-0.39, 0.29) is 0 Å². The Hall–Kier alpha value is -0.550. The number of rotatable bonds is 1. The fourth-order valence-electron chi connectivity index (χ4n) is 1.88. The maximum Gasteiger partial charge on any atom is 0.0669 e. The van der Waals surface area contributed by atoms with Crippen LogP contribution < -0.4 is 0 Å². The Bertz CT molecular complexity index is 178. The molecule has 1 unspecified atom stereocenters. The molecule has 0 aromatic rings. The molecule has 2 fully saturated rings. The minimum Gasteiger partial charge on any atom is -0.299 e. The second-order valence-electron chi connectivity index (χ2n) is 3.69. The summed E-state index contributed by atoms with van der Waals surface area (Å²) in [5, 5.41) is 8.73. The summed E-state index contributed by atoms with van der Waals surface area (Å²) in [5.41, 5.74) is 0. The lowest BCUT2D eigenvalue weighted by molar-refractivity contribution is 0.191. The first-order valence-electron chi connectivity index (χ1n) is 4.54. The molecular formula is C9H14N2. The van der Waals surface area contributed by atoms with Gasteiger partial charge in [-0.1, -0.05) is 0 Å². The molecule has 2 rings (SSSR count). The van der Waals surface area contributed by atoms with E-state index in [4.69, 9.17) is 5.26 Å². The summed E-state index contributed by atoms with van der Waals surface area (Å²) in [6, 6.07) is 3.23. The topological polar surface area (TPSA) is 27.0 Å². The standard InChI is InChI=1S/C9H14N2/c10-6-8-2-1-5-11(7-8)9-3-4-9/h8-9H,1-5,7H2. The Morgan fingerprint density at radius 1 is 1.27 bits per heavy atom. The first-order chi connectivity index (χ1) is 5.40. The zero-order chi connectivity index (χ0) is 7.68. The van der Waals surface area contributed by atoms with Crippen molar-refractivity contribution in [2.45, 2.75) is 31.7 Å². The van der Waals surface area contributed by atoms with Gasteiger partial charge in [0.15, 0.2) is 0 Å². The van der Waals surface area contributed by atoms with E-state index in [0.717, 1.165) is 19.0 Å². The normalized spacial score (nSPS) is 33.2. The molecular weight excluding hydrogens is 136 g/mol. The van der Waals surface area contributed by atoms with Crippen molar-refractivity contribution >= 4 is 0 Å². The van der Waals surface area contributed by atoms with Crippen LogP contribution in [0.1, 0.15) is 25.7 Å². The van der Waals surface area contributed by atoms with Gasteiger partial charge in [-0.25, -0.2) is 0 Å². The van der Waals surface area contributed by atoms with E-state index in [1.54, 1.807) is 0 Å². The number of nitrogens with zero attached hydrogens (tertiary/aromatic N) is 2. The highest BCUT2D eigenvalue weighted by molar-refractivity contribution is 4.93. The van der Waals surface area contributed by atoms with E-state index in [0.29, 0.717) is 5.92 Å². The lowest BCUT2D eigenvalue weighted by Crippen LogP contribution is -2.36. The molecule has 0 N–H and O–H groups in total. The average Bonchev–Trinajstić information content (AvgIpc) is 2.87. The smallest absolute Gasteiger partial charge is 0.0669 e. The average molecular weight is 150 g/mol. The number of likely N-dealkylation sites (tertiary alicyclic amines) is 1. The first kappa shape index (κ1) is 7.12. The Balaban J connectivity index is 1.88.